The summed E-state index contributed by atoms with van der Waals surface area (Å²) in [6.07, 6.45) is 2.01. The van der Waals surface area contributed by atoms with Gasteiger partial charge in [-0.15, -0.1) is 0 Å². The molecule has 1 aromatic carbocycles. The lowest BCUT2D eigenvalue weighted by molar-refractivity contribution is -0.127. The van der Waals surface area contributed by atoms with Gasteiger partial charge in [-0.1, -0.05) is 6.07 Å². The van der Waals surface area contributed by atoms with E-state index in [1.165, 1.54) is 0 Å². The van der Waals surface area contributed by atoms with E-state index in [1.807, 2.05) is 37.3 Å². The number of aromatic nitrogens is 1. The molecule has 1 atom stereocenters. The molecule has 2 heterocycles. The van der Waals surface area contributed by atoms with Gasteiger partial charge in [0.2, 0.25) is 5.91 Å². The first-order chi connectivity index (χ1) is 10.5. The van der Waals surface area contributed by atoms with E-state index in [1.54, 1.807) is 0 Å². The molecule has 0 spiro atoms. The maximum Gasteiger partial charge on any atom is 0.231 e. The third-order valence-electron chi connectivity index (χ3n) is 4.52. The molecule has 116 valence electrons. The SMILES string of the molecule is Cc1ccc2cc(NC(=O)C3(C)CCCN(C)C3)ccc2n1. The smallest absolute Gasteiger partial charge is 0.231 e. The predicted molar refractivity (Wildman–Crippen MR) is 89.9 cm³/mol. The van der Waals surface area contributed by atoms with E-state index in [9.17, 15) is 4.79 Å². The zero-order valence-corrected chi connectivity index (χ0v) is 13.5. The fraction of sp³-hybridized carbons (Fsp3) is 0.444. The minimum atomic E-state index is -0.312. The zero-order chi connectivity index (χ0) is 15.7. The lowest BCUT2D eigenvalue weighted by Gasteiger charge is -2.37. The van der Waals surface area contributed by atoms with E-state index in [-0.39, 0.29) is 11.3 Å². The highest BCUT2D eigenvalue weighted by atomic mass is 16.2. The van der Waals surface area contributed by atoms with Crippen molar-refractivity contribution in [3.63, 3.8) is 0 Å². The van der Waals surface area contributed by atoms with Crippen LogP contribution in [0.1, 0.15) is 25.5 Å². The van der Waals surface area contributed by atoms with Crippen molar-refractivity contribution in [2.75, 3.05) is 25.5 Å². The summed E-state index contributed by atoms with van der Waals surface area (Å²) in [6, 6.07) is 9.93. The Labute approximate surface area is 131 Å². The van der Waals surface area contributed by atoms with Crippen molar-refractivity contribution >= 4 is 22.5 Å². The molecular weight excluding hydrogens is 274 g/mol. The van der Waals surface area contributed by atoms with Crippen LogP contribution in [-0.4, -0.2) is 35.9 Å². The van der Waals surface area contributed by atoms with E-state index in [0.29, 0.717) is 0 Å². The van der Waals surface area contributed by atoms with Crippen LogP contribution in [-0.2, 0) is 4.79 Å². The number of fused-ring (bicyclic) bond motifs is 1. The average molecular weight is 297 g/mol. The van der Waals surface area contributed by atoms with Crippen LogP contribution in [0.15, 0.2) is 30.3 Å². The summed E-state index contributed by atoms with van der Waals surface area (Å²) >= 11 is 0. The summed E-state index contributed by atoms with van der Waals surface area (Å²) in [7, 11) is 2.08. The summed E-state index contributed by atoms with van der Waals surface area (Å²) in [5, 5.41) is 4.14. The number of aryl methyl sites for hydroxylation is 1. The molecule has 1 aliphatic heterocycles. The number of carbonyl (C=O) groups is 1. The Balaban J connectivity index is 1.80. The summed E-state index contributed by atoms with van der Waals surface area (Å²) in [5.41, 5.74) is 2.49. The van der Waals surface area contributed by atoms with E-state index >= 15 is 0 Å². The fourth-order valence-corrected chi connectivity index (χ4v) is 3.27. The van der Waals surface area contributed by atoms with Crippen LogP contribution < -0.4 is 5.32 Å². The first kappa shape index (κ1) is 15.0. The normalized spacial score (nSPS) is 22.7. The van der Waals surface area contributed by atoms with Crippen molar-refractivity contribution in [2.24, 2.45) is 5.41 Å². The number of pyridine rings is 1. The summed E-state index contributed by atoms with van der Waals surface area (Å²) < 4.78 is 0. The third kappa shape index (κ3) is 2.97. The van der Waals surface area contributed by atoms with Gasteiger partial charge in [0.25, 0.3) is 0 Å². The van der Waals surface area contributed by atoms with Gasteiger partial charge in [0.05, 0.1) is 10.9 Å². The van der Waals surface area contributed by atoms with Crippen molar-refractivity contribution in [1.82, 2.24) is 9.88 Å². The number of piperidine rings is 1. The van der Waals surface area contributed by atoms with Gasteiger partial charge in [0, 0.05) is 23.3 Å². The second-order valence-electron chi connectivity index (χ2n) is 6.72. The maximum absolute atomic E-state index is 12.7. The van der Waals surface area contributed by atoms with E-state index in [2.05, 4.69) is 29.2 Å². The topological polar surface area (TPSA) is 45.2 Å². The molecule has 1 saturated heterocycles. The standard InChI is InChI=1S/C18H23N3O/c1-13-5-6-14-11-15(7-8-16(14)19-13)20-17(22)18(2)9-4-10-21(3)12-18/h5-8,11H,4,9-10,12H2,1-3H3,(H,20,22). The Kier molecular flexibility index (Phi) is 3.87. The number of benzene rings is 1. The summed E-state index contributed by atoms with van der Waals surface area (Å²) in [4.78, 5) is 19.4. The number of nitrogens with one attached hydrogen (secondary N) is 1. The number of anilines is 1. The van der Waals surface area contributed by atoms with Gasteiger partial charge in [-0.05, 0) is 64.5 Å². The molecule has 3 rings (SSSR count). The molecule has 2 aromatic rings. The van der Waals surface area contributed by atoms with Crippen LogP contribution in [0.2, 0.25) is 0 Å². The Morgan fingerprint density at radius 1 is 1.32 bits per heavy atom. The summed E-state index contributed by atoms with van der Waals surface area (Å²) in [6.45, 7) is 5.93. The van der Waals surface area contributed by atoms with Crippen molar-refractivity contribution in [3.8, 4) is 0 Å². The molecule has 1 N–H and O–H groups in total. The molecule has 22 heavy (non-hydrogen) atoms. The van der Waals surface area contributed by atoms with Gasteiger partial charge in [0.1, 0.15) is 0 Å². The Morgan fingerprint density at radius 2 is 2.14 bits per heavy atom. The van der Waals surface area contributed by atoms with Gasteiger partial charge in [0.15, 0.2) is 0 Å². The van der Waals surface area contributed by atoms with Gasteiger partial charge >= 0.3 is 0 Å². The monoisotopic (exact) mass is 297 g/mol. The van der Waals surface area contributed by atoms with Gasteiger partial charge < -0.3 is 10.2 Å². The minimum absolute atomic E-state index is 0.110. The van der Waals surface area contributed by atoms with Crippen molar-refractivity contribution < 1.29 is 4.79 Å². The Bertz CT molecular complexity index is 713. The molecule has 4 nitrogen and oxygen atoms in total. The second-order valence-corrected chi connectivity index (χ2v) is 6.72. The second kappa shape index (κ2) is 5.69. The van der Waals surface area contributed by atoms with E-state index in [0.717, 1.165) is 48.2 Å². The maximum atomic E-state index is 12.7. The molecule has 0 radical (unpaired) electrons. The van der Waals surface area contributed by atoms with E-state index < -0.39 is 0 Å². The zero-order valence-electron chi connectivity index (χ0n) is 13.5. The lowest BCUT2D eigenvalue weighted by Crippen LogP contribution is -2.46. The molecule has 1 fully saturated rings. The van der Waals surface area contributed by atoms with E-state index in [4.69, 9.17) is 0 Å². The molecule has 4 heteroatoms. The molecule has 1 aromatic heterocycles. The van der Waals surface area contributed by atoms with Crippen LogP contribution in [0.4, 0.5) is 5.69 Å². The largest absolute Gasteiger partial charge is 0.326 e. The number of amides is 1. The van der Waals surface area contributed by atoms with Crippen molar-refractivity contribution in [1.29, 1.82) is 0 Å². The number of carbonyl (C=O) groups excluding carboxylic acids is 1. The average Bonchev–Trinajstić information content (AvgIpc) is 2.47. The molecule has 0 bridgehead atoms. The molecule has 0 aliphatic carbocycles. The highest BCUT2D eigenvalue weighted by Crippen LogP contribution is 2.30. The van der Waals surface area contributed by atoms with Crippen LogP contribution in [0.3, 0.4) is 0 Å². The van der Waals surface area contributed by atoms with Gasteiger partial charge in [-0.3, -0.25) is 9.78 Å². The highest BCUT2D eigenvalue weighted by Gasteiger charge is 2.36. The Hall–Kier alpha value is -1.94. The van der Waals surface area contributed by atoms with Crippen LogP contribution in [0.25, 0.3) is 10.9 Å². The first-order valence-corrected chi connectivity index (χ1v) is 7.84. The van der Waals surface area contributed by atoms with Gasteiger partial charge in [-0.25, -0.2) is 0 Å². The quantitative estimate of drug-likeness (QED) is 0.925. The molecular formula is C18H23N3O. The van der Waals surface area contributed by atoms with Crippen molar-refractivity contribution in [2.45, 2.75) is 26.7 Å². The summed E-state index contributed by atoms with van der Waals surface area (Å²) in [5.74, 6) is 0.110. The van der Waals surface area contributed by atoms with Crippen LogP contribution >= 0.6 is 0 Å². The van der Waals surface area contributed by atoms with Crippen LogP contribution in [0.5, 0.6) is 0 Å². The fourth-order valence-electron chi connectivity index (χ4n) is 3.27. The minimum Gasteiger partial charge on any atom is -0.326 e. The lowest BCUT2D eigenvalue weighted by atomic mass is 9.81. The third-order valence-corrected chi connectivity index (χ3v) is 4.52. The number of likely N-dealkylation sites (tertiary alicyclic amines) is 1. The highest BCUT2D eigenvalue weighted by molar-refractivity contribution is 5.97. The molecule has 0 saturated carbocycles. The first-order valence-electron chi connectivity index (χ1n) is 7.84. The Morgan fingerprint density at radius 3 is 2.91 bits per heavy atom. The number of nitrogens with zero attached hydrogens (tertiary/aromatic N) is 2. The van der Waals surface area contributed by atoms with Gasteiger partial charge in [-0.2, -0.15) is 0 Å². The molecule has 1 unspecified atom stereocenters. The molecule has 1 aliphatic rings. The number of hydrogen-bond donors (Lipinski definition) is 1. The van der Waals surface area contributed by atoms with Crippen LogP contribution in [0, 0.1) is 12.3 Å². The number of hydrogen-bond acceptors (Lipinski definition) is 3. The van der Waals surface area contributed by atoms with Crippen molar-refractivity contribution in [3.05, 3.63) is 36.0 Å². The number of rotatable bonds is 2. The predicted octanol–water partition coefficient (Wildman–Crippen LogP) is 3.21. The molecule has 1 amide bonds.